The summed E-state index contributed by atoms with van der Waals surface area (Å²) in [6.07, 6.45) is 10.1. The number of anilines is 2. The summed E-state index contributed by atoms with van der Waals surface area (Å²) in [5, 5.41) is 10.4. The van der Waals surface area contributed by atoms with Crippen molar-refractivity contribution in [3.63, 3.8) is 0 Å². The van der Waals surface area contributed by atoms with Gasteiger partial charge in [-0.25, -0.2) is 19.3 Å². The van der Waals surface area contributed by atoms with Gasteiger partial charge in [-0.15, -0.1) is 0 Å². The lowest BCUT2D eigenvalue weighted by Crippen LogP contribution is -2.48. The van der Waals surface area contributed by atoms with Crippen LogP contribution in [0.4, 0.5) is 15.9 Å². The number of piperidine rings is 1. The summed E-state index contributed by atoms with van der Waals surface area (Å²) in [6, 6.07) is 9.49. The third-order valence-corrected chi connectivity index (χ3v) is 7.48. The van der Waals surface area contributed by atoms with Crippen LogP contribution >= 0.6 is 0 Å². The first-order valence-electron chi connectivity index (χ1n) is 12.7. The summed E-state index contributed by atoms with van der Waals surface area (Å²) in [7, 11) is 0. The van der Waals surface area contributed by atoms with E-state index in [0.29, 0.717) is 42.7 Å². The number of benzene rings is 1. The average molecular weight is 502 g/mol. The van der Waals surface area contributed by atoms with E-state index in [1.807, 2.05) is 4.57 Å². The van der Waals surface area contributed by atoms with E-state index in [-0.39, 0.29) is 23.8 Å². The number of amides is 1. The fourth-order valence-corrected chi connectivity index (χ4v) is 5.64. The summed E-state index contributed by atoms with van der Waals surface area (Å²) in [5.74, 6) is 0.172. The molecule has 0 radical (unpaired) electrons. The first-order valence-corrected chi connectivity index (χ1v) is 12.7. The van der Waals surface area contributed by atoms with Crippen molar-refractivity contribution in [2.24, 2.45) is 0 Å². The zero-order valence-electron chi connectivity index (χ0n) is 20.3. The second kappa shape index (κ2) is 9.85. The van der Waals surface area contributed by atoms with Crippen molar-refractivity contribution in [2.75, 3.05) is 22.9 Å². The van der Waals surface area contributed by atoms with Crippen LogP contribution in [-0.4, -0.2) is 60.8 Å². The van der Waals surface area contributed by atoms with E-state index in [1.54, 1.807) is 54.2 Å². The van der Waals surface area contributed by atoms with Gasteiger partial charge in [0.15, 0.2) is 17.0 Å². The highest BCUT2D eigenvalue weighted by Gasteiger charge is 2.33. The Kier molecular flexibility index (Phi) is 6.25. The van der Waals surface area contributed by atoms with Gasteiger partial charge in [0.1, 0.15) is 12.1 Å². The number of fused-ring (bicyclic) bond motifs is 1. The number of imidazole rings is 1. The molecule has 4 heterocycles. The number of nitrogens with zero attached hydrogens (tertiary/aromatic N) is 7. The molecule has 3 aromatic heterocycles. The summed E-state index contributed by atoms with van der Waals surface area (Å²) in [6.45, 7) is 1.31. The zero-order chi connectivity index (χ0) is 25.4. The van der Waals surface area contributed by atoms with E-state index in [2.05, 4.69) is 24.8 Å². The molecule has 10 heteroatoms. The van der Waals surface area contributed by atoms with Crippen molar-refractivity contribution in [3.8, 4) is 0 Å². The molecular formula is C27H28FN7O2. The Bertz CT molecular complexity index is 1400. The van der Waals surface area contributed by atoms with Crippen molar-refractivity contribution in [3.05, 3.63) is 72.8 Å². The van der Waals surface area contributed by atoms with Gasteiger partial charge in [-0.05, 0) is 62.4 Å². The van der Waals surface area contributed by atoms with Crippen LogP contribution in [0.5, 0.6) is 0 Å². The van der Waals surface area contributed by atoms with E-state index >= 15 is 0 Å². The highest BCUT2D eigenvalue weighted by atomic mass is 19.1. The van der Waals surface area contributed by atoms with Crippen molar-refractivity contribution in [1.82, 2.24) is 24.5 Å². The van der Waals surface area contributed by atoms with Gasteiger partial charge in [-0.2, -0.15) is 0 Å². The Labute approximate surface area is 213 Å². The summed E-state index contributed by atoms with van der Waals surface area (Å²) in [5.41, 5.74) is 2.44. The minimum absolute atomic E-state index is 0.0169. The summed E-state index contributed by atoms with van der Waals surface area (Å²) >= 11 is 0. The predicted octanol–water partition coefficient (Wildman–Crippen LogP) is 3.76. The summed E-state index contributed by atoms with van der Waals surface area (Å²) < 4.78 is 16.1. The number of aliphatic hydroxyl groups excluding tert-OH is 1. The van der Waals surface area contributed by atoms with Gasteiger partial charge in [0, 0.05) is 37.2 Å². The molecule has 1 aliphatic heterocycles. The van der Waals surface area contributed by atoms with Gasteiger partial charge < -0.3 is 19.5 Å². The Morgan fingerprint density at radius 3 is 2.65 bits per heavy atom. The number of hydrogen-bond acceptors (Lipinski definition) is 7. The number of carbonyl (C=O) groups is 1. The molecule has 1 saturated heterocycles. The first-order chi connectivity index (χ1) is 18.1. The van der Waals surface area contributed by atoms with Gasteiger partial charge >= 0.3 is 0 Å². The molecule has 6 rings (SSSR count). The first kappa shape index (κ1) is 23.5. The molecule has 2 aliphatic rings. The third-order valence-electron chi connectivity index (χ3n) is 7.48. The number of aliphatic hydroxyl groups is 1. The molecule has 37 heavy (non-hydrogen) atoms. The molecule has 2 unspecified atom stereocenters. The van der Waals surface area contributed by atoms with Crippen LogP contribution in [-0.2, 0) is 0 Å². The number of hydrogen-bond donors (Lipinski definition) is 1. The molecule has 0 spiro atoms. The summed E-state index contributed by atoms with van der Waals surface area (Å²) in [4.78, 5) is 35.1. The molecule has 190 valence electrons. The highest BCUT2D eigenvalue weighted by molar-refractivity contribution is 6.06. The normalized spacial score (nSPS) is 20.4. The third kappa shape index (κ3) is 4.42. The van der Waals surface area contributed by atoms with Crippen molar-refractivity contribution >= 4 is 28.6 Å². The maximum Gasteiger partial charge on any atom is 0.260 e. The van der Waals surface area contributed by atoms with Crippen LogP contribution in [0.25, 0.3) is 11.2 Å². The quantitative estimate of drug-likeness (QED) is 0.444. The molecule has 2 fully saturated rings. The van der Waals surface area contributed by atoms with Crippen LogP contribution in [0, 0.1) is 5.82 Å². The SMILES string of the molecule is O=C(c1cccnc1)N(c1cccc(F)c1)C1CCN(c2ncnc3c2ncn3C2CCCC2O)CC1. The number of carbonyl (C=O) groups excluding carboxylic acids is 1. The van der Waals surface area contributed by atoms with Crippen molar-refractivity contribution in [1.29, 1.82) is 0 Å². The lowest BCUT2D eigenvalue weighted by Gasteiger charge is -2.39. The van der Waals surface area contributed by atoms with E-state index in [0.717, 1.165) is 30.7 Å². The van der Waals surface area contributed by atoms with E-state index in [9.17, 15) is 14.3 Å². The smallest absolute Gasteiger partial charge is 0.260 e. The average Bonchev–Trinajstić information content (AvgIpc) is 3.55. The number of aromatic nitrogens is 5. The van der Waals surface area contributed by atoms with Crippen molar-refractivity contribution < 1.29 is 14.3 Å². The Morgan fingerprint density at radius 1 is 1.05 bits per heavy atom. The maximum atomic E-state index is 14.1. The van der Waals surface area contributed by atoms with E-state index in [1.165, 1.54) is 12.1 Å². The number of halogens is 1. The molecular weight excluding hydrogens is 473 g/mol. The molecule has 1 N–H and O–H groups in total. The topological polar surface area (TPSA) is 100 Å². The van der Waals surface area contributed by atoms with Crippen LogP contribution in [0.15, 0.2) is 61.4 Å². The predicted molar refractivity (Wildman–Crippen MR) is 137 cm³/mol. The minimum Gasteiger partial charge on any atom is -0.391 e. The fourth-order valence-electron chi connectivity index (χ4n) is 5.64. The second-order valence-electron chi connectivity index (χ2n) is 9.70. The Morgan fingerprint density at radius 2 is 1.92 bits per heavy atom. The fraction of sp³-hybridized carbons (Fsp3) is 0.370. The van der Waals surface area contributed by atoms with Gasteiger partial charge in [-0.3, -0.25) is 9.78 Å². The molecule has 2 atom stereocenters. The second-order valence-corrected chi connectivity index (χ2v) is 9.70. The lowest BCUT2D eigenvalue weighted by atomic mass is 10.0. The minimum atomic E-state index is -0.391. The van der Waals surface area contributed by atoms with Gasteiger partial charge in [-0.1, -0.05) is 6.07 Å². The van der Waals surface area contributed by atoms with Gasteiger partial charge in [0.05, 0.1) is 24.0 Å². The maximum absolute atomic E-state index is 14.1. The lowest BCUT2D eigenvalue weighted by molar-refractivity contribution is 0.0972. The Hall–Kier alpha value is -3.92. The van der Waals surface area contributed by atoms with Crippen LogP contribution < -0.4 is 9.80 Å². The Balaban J connectivity index is 1.25. The van der Waals surface area contributed by atoms with Gasteiger partial charge in [0.2, 0.25) is 0 Å². The largest absolute Gasteiger partial charge is 0.391 e. The molecule has 1 aromatic carbocycles. The molecule has 9 nitrogen and oxygen atoms in total. The van der Waals surface area contributed by atoms with Crippen molar-refractivity contribution in [2.45, 2.75) is 50.3 Å². The van der Waals surface area contributed by atoms with Crippen LogP contribution in [0.3, 0.4) is 0 Å². The zero-order valence-corrected chi connectivity index (χ0v) is 20.3. The molecule has 1 aliphatic carbocycles. The van der Waals surface area contributed by atoms with Gasteiger partial charge in [0.25, 0.3) is 5.91 Å². The number of pyridine rings is 1. The van der Waals surface area contributed by atoms with Crippen LogP contribution in [0.2, 0.25) is 0 Å². The molecule has 4 aromatic rings. The molecule has 0 bridgehead atoms. The highest BCUT2D eigenvalue weighted by Crippen LogP contribution is 2.34. The monoisotopic (exact) mass is 501 g/mol. The van der Waals surface area contributed by atoms with E-state index < -0.39 is 6.10 Å². The van der Waals surface area contributed by atoms with Crippen LogP contribution in [0.1, 0.15) is 48.5 Å². The number of rotatable bonds is 5. The molecule has 1 amide bonds. The molecule has 1 saturated carbocycles. The standard InChI is InChI=1S/C27H28FN7O2/c28-19-5-1-6-21(14-19)35(27(37)18-4-3-11-29-15-18)20-9-12-33(13-10-20)25-24-26(31-16-30-25)34(17-32-24)22-7-2-8-23(22)36/h1,3-6,11,14-17,20,22-23,36H,2,7-10,12-13H2. The van der Waals surface area contributed by atoms with E-state index in [4.69, 9.17) is 0 Å².